The first-order valence-corrected chi connectivity index (χ1v) is 17.1. The Morgan fingerprint density at radius 2 is 1.52 bits per heavy atom. The van der Waals surface area contributed by atoms with Crippen molar-refractivity contribution in [3.63, 3.8) is 0 Å². The topological polar surface area (TPSA) is 161 Å². The number of benzene rings is 3. The molecule has 3 N–H and O–H groups in total. The Balaban J connectivity index is 1.47. The summed E-state index contributed by atoms with van der Waals surface area (Å²) in [6.45, 7) is 6.75. The van der Waals surface area contributed by atoms with Crippen LogP contribution in [0.2, 0.25) is 0 Å². The molecule has 11 nitrogen and oxygen atoms in total. The van der Waals surface area contributed by atoms with Gasteiger partial charge < -0.3 is 19.8 Å². The first kappa shape index (κ1) is 32.7. The van der Waals surface area contributed by atoms with Crippen LogP contribution in [0.5, 0.6) is 0 Å². The minimum absolute atomic E-state index is 0.00577. The van der Waals surface area contributed by atoms with Crippen molar-refractivity contribution < 1.29 is 35.6 Å². The normalized spacial score (nSPS) is 12.7. The highest BCUT2D eigenvalue weighted by molar-refractivity contribution is 7.91. The number of ether oxygens (including phenoxy) is 1. The predicted molar refractivity (Wildman–Crippen MR) is 170 cm³/mol. The Labute approximate surface area is 257 Å². The van der Waals surface area contributed by atoms with Gasteiger partial charge in [-0.2, -0.15) is 4.72 Å². The van der Waals surface area contributed by atoms with Gasteiger partial charge in [0.25, 0.3) is 5.91 Å². The van der Waals surface area contributed by atoms with Crippen LogP contribution in [0.25, 0.3) is 22.1 Å². The molecule has 1 atom stereocenters. The van der Waals surface area contributed by atoms with Gasteiger partial charge in [-0.15, -0.1) is 0 Å². The largest absolute Gasteiger partial charge is 0.468 e. The third-order valence-electron chi connectivity index (χ3n) is 7.13. The number of hydrogen-bond donors (Lipinski definition) is 3. The quantitative estimate of drug-likeness (QED) is 0.182. The second-order valence-electron chi connectivity index (χ2n) is 10.5. The highest BCUT2D eigenvalue weighted by Crippen LogP contribution is 2.32. The number of aryl methyl sites for hydroxylation is 1. The zero-order valence-electron chi connectivity index (χ0n) is 25.0. The van der Waals surface area contributed by atoms with Gasteiger partial charge >= 0.3 is 5.97 Å². The van der Waals surface area contributed by atoms with E-state index in [1.54, 1.807) is 82.3 Å². The van der Waals surface area contributed by atoms with Crippen molar-refractivity contribution in [1.82, 2.24) is 4.72 Å². The fourth-order valence-electron chi connectivity index (χ4n) is 4.54. The zero-order chi connectivity index (χ0) is 32.2. The maximum Gasteiger partial charge on any atom is 0.324 e. The summed E-state index contributed by atoms with van der Waals surface area (Å²) in [5.74, 6) is -1.55. The number of esters is 1. The summed E-state index contributed by atoms with van der Waals surface area (Å²) in [6, 6.07) is 17.3. The van der Waals surface area contributed by atoms with E-state index in [1.807, 2.05) is 0 Å². The minimum Gasteiger partial charge on any atom is -0.468 e. The molecule has 1 amide bonds. The van der Waals surface area contributed by atoms with Crippen molar-refractivity contribution in [2.75, 3.05) is 29.4 Å². The number of sulfone groups is 1. The van der Waals surface area contributed by atoms with Crippen molar-refractivity contribution in [1.29, 1.82) is 0 Å². The molecule has 1 aromatic heterocycles. The van der Waals surface area contributed by atoms with Gasteiger partial charge in [-0.05, 0) is 60.4 Å². The van der Waals surface area contributed by atoms with Crippen LogP contribution in [0.3, 0.4) is 0 Å². The highest BCUT2D eigenvalue weighted by Gasteiger charge is 2.29. The lowest BCUT2D eigenvalue weighted by Gasteiger charge is -2.19. The fourth-order valence-corrected chi connectivity index (χ4v) is 6.45. The lowest BCUT2D eigenvalue weighted by atomic mass is 10.1. The number of sulfonamides is 1. The number of carbonyl (C=O) groups is 2. The standard InChI is InChI=1S/C31H35N3O8S2/c1-6-43(37,38)18-32-25-8-7-9-26-27(25)20(4)29(42-26)30(35)33-23-14-10-21(11-15-23)22-12-16-24(17-13-22)44(39,40)34-28(19(2)3)31(36)41-5/h7-17,19,28,32,34H,6,18H2,1-5H3,(H,33,35). The number of amides is 1. The number of carbonyl (C=O) groups excluding carboxylic acids is 2. The Hall–Kier alpha value is -4.20. The number of anilines is 2. The summed E-state index contributed by atoms with van der Waals surface area (Å²) in [5.41, 5.74) is 3.62. The highest BCUT2D eigenvalue weighted by atomic mass is 32.2. The van der Waals surface area contributed by atoms with Gasteiger partial charge in [0.1, 0.15) is 17.5 Å². The molecule has 0 aliphatic heterocycles. The SMILES string of the molecule is CCS(=O)(=O)CNc1cccc2oc(C(=O)Nc3ccc(-c4ccc(S(=O)(=O)NC(C(=O)OC)C(C)C)cc4)cc3)c(C)c12. The molecule has 0 radical (unpaired) electrons. The first-order valence-electron chi connectivity index (χ1n) is 13.8. The second kappa shape index (κ2) is 13.2. The smallest absolute Gasteiger partial charge is 0.324 e. The van der Waals surface area contributed by atoms with Crippen LogP contribution in [-0.2, 0) is 29.4 Å². The van der Waals surface area contributed by atoms with Gasteiger partial charge in [0.05, 0.1) is 12.0 Å². The number of hydrogen-bond acceptors (Lipinski definition) is 9. The third-order valence-corrected chi connectivity index (χ3v) is 10.0. The van der Waals surface area contributed by atoms with E-state index < -0.39 is 37.8 Å². The maximum atomic E-state index is 13.1. The summed E-state index contributed by atoms with van der Waals surface area (Å²) >= 11 is 0. The Bertz CT molecular complexity index is 1880. The molecule has 0 fully saturated rings. The summed E-state index contributed by atoms with van der Waals surface area (Å²) < 4.78 is 62.7. The Morgan fingerprint density at radius 1 is 0.909 bits per heavy atom. The molecule has 0 spiro atoms. The third kappa shape index (κ3) is 7.29. The molecule has 234 valence electrons. The van der Waals surface area contributed by atoms with Gasteiger partial charge in [0.15, 0.2) is 15.6 Å². The Kier molecular flexibility index (Phi) is 9.81. The van der Waals surface area contributed by atoms with Crippen LogP contribution >= 0.6 is 0 Å². The molecule has 0 saturated heterocycles. The van der Waals surface area contributed by atoms with Crippen LogP contribution in [-0.4, -0.2) is 53.5 Å². The van der Waals surface area contributed by atoms with Crippen LogP contribution in [0.1, 0.15) is 36.9 Å². The number of nitrogens with one attached hydrogen (secondary N) is 3. The molecule has 0 aliphatic carbocycles. The lowest BCUT2D eigenvalue weighted by Crippen LogP contribution is -2.44. The number of fused-ring (bicyclic) bond motifs is 1. The monoisotopic (exact) mass is 641 g/mol. The molecular weight excluding hydrogens is 606 g/mol. The maximum absolute atomic E-state index is 13.1. The number of rotatable bonds is 12. The lowest BCUT2D eigenvalue weighted by molar-refractivity contribution is -0.143. The van der Waals surface area contributed by atoms with Gasteiger partial charge in [0, 0.05) is 28.1 Å². The van der Waals surface area contributed by atoms with E-state index in [9.17, 15) is 26.4 Å². The number of methoxy groups -OCH3 is 1. The van der Waals surface area contributed by atoms with Crippen molar-refractivity contribution in [2.45, 2.75) is 38.6 Å². The molecule has 0 aliphatic rings. The zero-order valence-corrected chi connectivity index (χ0v) is 26.6. The van der Waals surface area contributed by atoms with Crippen LogP contribution in [0.15, 0.2) is 76.0 Å². The second-order valence-corrected chi connectivity index (χ2v) is 14.6. The van der Waals surface area contributed by atoms with E-state index in [4.69, 9.17) is 9.15 Å². The fraction of sp³-hybridized carbons (Fsp3) is 0.290. The van der Waals surface area contributed by atoms with E-state index in [2.05, 4.69) is 15.4 Å². The minimum atomic E-state index is -3.97. The van der Waals surface area contributed by atoms with E-state index in [0.29, 0.717) is 27.9 Å². The van der Waals surface area contributed by atoms with Crippen LogP contribution < -0.4 is 15.4 Å². The van der Waals surface area contributed by atoms with Gasteiger partial charge in [0.2, 0.25) is 10.0 Å². The predicted octanol–water partition coefficient (Wildman–Crippen LogP) is 4.94. The average Bonchev–Trinajstić information content (AvgIpc) is 3.35. The first-order chi connectivity index (χ1) is 20.8. The summed E-state index contributed by atoms with van der Waals surface area (Å²) in [7, 11) is -6.02. The number of furan rings is 1. The van der Waals surface area contributed by atoms with Crippen molar-refractivity contribution in [3.8, 4) is 11.1 Å². The summed E-state index contributed by atoms with van der Waals surface area (Å²) in [4.78, 5) is 25.1. The van der Waals surface area contributed by atoms with E-state index in [1.165, 1.54) is 19.2 Å². The molecule has 1 heterocycles. The van der Waals surface area contributed by atoms with Crippen molar-refractivity contribution >= 4 is 54.1 Å². The Morgan fingerprint density at radius 3 is 2.09 bits per heavy atom. The molecule has 0 bridgehead atoms. The molecule has 3 aromatic carbocycles. The van der Waals surface area contributed by atoms with Crippen molar-refractivity contribution in [2.24, 2.45) is 5.92 Å². The van der Waals surface area contributed by atoms with Crippen LogP contribution in [0.4, 0.5) is 11.4 Å². The molecule has 4 rings (SSSR count). The molecule has 4 aromatic rings. The summed E-state index contributed by atoms with van der Waals surface area (Å²) in [6.07, 6.45) is 0. The van der Waals surface area contributed by atoms with E-state index in [-0.39, 0.29) is 28.2 Å². The average molecular weight is 642 g/mol. The molecular formula is C31H35N3O8S2. The van der Waals surface area contributed by atoms with E-state index in [0.717, 1.165) is 11.1 Å². The molecule has 0 saturated carbocycles. The van der Waals surface area contributed by atoms with Crippen molar-refractivity contribution in [3.05, 3.63) is 78.1 Å². The molecule has 1 unspecified atom stereocenters. The van der Waals surface area contributed by atoms with Crippen LogP contribution in [0, 0.1) is 12.8 Å². The molecule has 44 heavy (non-hydrogen) atoms. The van der Waals surface area contributed by atoms with Gasteiger partial charge in [-0.25, -0.2) is 16.8 Å². The van der Waals surface area contributed by atoms with E-state index >= 15 is 0 Å². The van der Waals surface area contributed by atoms with Gasteiger partial charge in [-0.3, -0.25) is 9.59 Å². The van der Waals surface area contributed by atoms with Gasteiger partial charge in [-0.1, -0.05) is 51.1 Å². The summed E-state index contributed by atoms with van der Waals surface area (Å²) in [5, 5.41) is 6.39. The molecule has 13 heteroatoms.